The van der Waals surface area contributed by atoms with E-state index in [1.54, 1.807) is 0 Å². The number of aliphatic hydroxyl groups excluding tert-OH is 3. The number of hydrogen-bond acceptors (Lipinski definition) is 8. The van der Waals surface area contributed by atoms with Crippen LogP contribution >= 0.6 is 0 Å². The molecule has 2 saturated heterocycles. The van der Waals surface area contributed by atoms with Crippen molar-refractivity contribution >= 4 is 0 Å². The summed E-state index contributed by atoms with van der Waals surface area (Å²) in [5.41, 5.74) is -2.76. The van der Waals surface area contributed by atoms with Crippen LogP contribution in [0.1, 0.15) is 52.9 Å². The lowest BCUT2D eigenvalue weighted by atomic mass is 9.43. The summed E-state index contributed by atoms with van der Waals surface area (Å²) in [6.45, 7) is 7.09. The Kier molecular flexibility index (Phi) is 5.60. The summed E-state index contributed by atoms with van der Waals surface area (Å²) in [6, 6.07) is 0. The van der Waals surface area contributed by atoms with Crippen LogP contribution in [0, 0.1) is 22.7 Å². The SMILES string of the molecule is CO[C@@H]1O[C@H](OC)[C@](O)(CC[C@]2(C)[C@H](C)CC[C@]3(C)[C@@H]2C[C@H](O)[C@H](O)[C@]32CO2)[C@@H]1O. The number of hydrogen-bond donors (Lipinski definition) is 4. The van der Waals surface area contributed by atoms with Gasteiger partial charge in [-0.05, 0) is 49.4 Å². The molecule has 0 aromatic carbocycles. The van der Waals surface area contributed by atoms with Crippen LogP contribution in [-0.4, -0.2) is 83.3 Å². The first-order valence-electron chi connectivity index (χ1n) is 11.1. The Morgan fingerprint density at radius 3 is 2.27 bits per heavy atom. The van der Waals surface area contributed by atoms with Crippen molar-refractivity contribution in [3.05, 3.63) is 0 Å². The molecule has 1 spiro atoms. The van der Waals surface area contributed by atoms with E-state index in [9.17, 15) is 20.4 Å². The predicted molar refractivity (Wildman–Crippen MR) is 106 cm³/mol. The van der Waals surface area contributed by atoms with Gasteiger partial charge in [0.2, 0.25) is 0 Å². The lowest BCUT2D eigenvalue weighted by Gasteiger charge is -2.62. The van der Waals surface area contributed by atoms with E-state index >= 15 is 0 Å². The molecule has 4 rings (SSSR count). The number of methoxy groups -OCH3 is 2. The highest BCUT2D eigenvalue weighted by Gasteiger charge is 2.73. The Morgan fingerprint density at radius 1 is 1.03 bits per heavy atom. The van der Waals surface area contributed by atoms with Gasteiger partial charge in [-0.25, -0.2) is 0 Å². The van der Waals surface area contributed by atoms with Gasteiger partial charge in [0.25, 0.3) is 0 Å². The predicted octanol–water partition coefficient (Wildman–Crippen LogP) is 0.787. The van der Waals surface area contributed by atoms with Crippen LogP contribution in [0.3, 0.4) is 0 Å². The van der Waals surface area contributed by atoms with Crippen LogP contribution in [0.2, 0.25) is 0 Å². The largest absolute Gasteiger partial charge is 0.390 e. The lowest BCUT2D eigenvalue weighted by molar-refractivity contribution is -0.225. The highest BCUT2D eigenvalue weighted by molar-refractivity contribution is 5.21. The second kappa shape index (κ2) is 7.35. The molecule has 2 aliphatic carbocycles. The van der Waals surface area contributed by atoms with Gasteiger partial charge in [-0.1, -0.05) is 20.8 Å². The van der Waals surface area contributed by atoms with Gasteiger partial charge in [-0.3, -0.25) is 0 Å². The number of aliphatic hydroxyl groups is 4. The number of fused-ring (bicyclic) bond motifs is 2. The third kappa shape index (κ3) is 2.88. The molecule has 8 heteroatoms. The monoisotopic (exact) mass is 430 g/mol. The fraction of sp³-hybridized carbons (Fsp3) is 1.00. The third-order valence-electron chi connectivity index (χ3n) is 9.48. The molecule has 4 aliphatic rings. The summed E-state index contributed by atoms with van der Waals surface area (Å²) in [5.74, 6) is 0.452. The molecule has 174 valence electrons. The molecule has 4 fully saturated rings. The maximum absolute atomic E-state index is 11.3. The number of ether oxygens (including phenoxy) is 4. The number of rotatable bonds is 5. The van der Waals surface area contributed by atoms with E-state index in [4.69, 9.17) is 18.9 Å². The fourth-order valence-corrected chi connectivity index (χ4v) is 7.01. The topological polar surface area (TPSA) is 121 Å². The maximum atomic E-state index is 11.3. The van der Waals surface area contributed by atoms with E-state index in [2.05, 4.69) is 20.8 Å². The van der Waals surface area contributed by atoms with E-state index in [0.29, 0.717) is 25.4 Å². The van der Waals surface area contributed by atoms with Crippen LogP contribution in [0.4, 0.5) is 0 Å². The van der Waals surface area contributed by atoms with Crippen LogP contribution in [0.15, 0.2) is 0 Å². The van der Waals surface area contributed by atoms with Crippen LogP contribution in [0.5, 0.6) is 0 Å². The molecule has 0 unspecified atom stereocenters. The van der Waals surface area contributed by atoms with Gasteiger partial charge < -0.3 is 39.4 Å². The van der Waals surface area contributed by atoms with E-state index in [-0.39, 0.29) is 23.2 Å². The summed E-state index contributed by atoms with van der Waals surface area (Å²) in [4.78, 5) is 0. The van der Waals surface area contributed by atoms with Crippen molar-refractivity contribution in [1.29, 1.82) is 0 Å². The van der Waals surface area contributed by atoms with Crippen molar-refractivity contribution in [3.8, 4) is 0 Å². The standard InChI is InChI=1S/C22H38O8/c1-12-6-7-20(3)14(10-13(23)15(24)22(20)11-29-22)19(12,2)8-9-21(26)16(25)17(27-4)30-18(21)28-5/h12-18,23-26H,6-11H2,1-5H3/t12-,13+,14-,15+,16-,17-,18+,19-,20-,21+,22-/m1/s1. The Balaban J connectivity index is 1.61. The zero-order chi connectivity index (χ0) is 22.1. The van der Waals surface area contributed by atoms with Crippen molar-refractivity contribution < 1.29 is 39.4 Å². The molecule has 2 heterocycles. The Labute approximate surface area is 178 Å². The Bertz CT molecular complexity index is 651. The van der Waals surface area contributed by atoms with Crippen molar-refractivity contribution in [2.45, 2.75) is 95.0 Å². The van der Waals surface area contributed by atoms with Gasteiger partial charge in [0.1, 0.15) is 23.4 Å². The van der Waals surface area contributed by atoms with Gasteiger partial charge in [-0.2, -0.15) is 0 Å². The molecule has 4 N–H and O–H groups in total. The quantitative estimate of drug-likeness (QED) is 0.473. The summed E-state index contributed by atoms with van der Waals surface area (Å²) >= 11 is 0. The van der Waals surface area contributed by atoms with Crippen LogP contribution in [-0.2, 0) is 18.9 Å². The molecule has 11 atom stereocenters. The summed E-state index contributed by atoms with van der Waals surface area (Å²) in [7, 11) is 2.86. The van der Waals surface area contributed by atoms with E-state index < -0.39 is 42.1 Å². The minimum atomic E-state index is -1.59. The Hall–Kier alpha value is -0.320. The molecular formula is C22H38O8. The molecule has 0 aromatic heterocycles. The smallest absolute Gasteiger partial charge is 0.191 e. The van der Waals surface area contributed by atoms with Gasteiger partial charge in [0.15, 0.2) is 12.6 Å². The van der Waals surface area contributed by atoms with Gasteiger partial charge in [0, 0.05) is 19.6 Å². The highest BCUT2D eigenvalue weighted by atomic mass is 16.8. The fourth-order valence-electron chi connectivity index (χ4n) is 7.01. The molecule has 30 heavy (non-hydrogen) atoms. The maximum Gasteiger partial charge on any atom is 0.191 e. The van der Waals surface area contributed by atoms with Gasteiger partial charge in [-0.15, -0.1) is 0 Å². The summed E-state index contributed by atoms with van der Waals surface area (Å²) in [6.07, 6.45) is -1.57. The Morgan fingerprint density at radius 2 is 1.70 bits per heavy atom. The zero-order valence-electron chi connectivity index (χ0n) is 18.7. The van der Waals surface area contributed by atoms with Crippen molar-refractivity contribution in [2.75, 3.05) is 20.8 Å². The van der Waals surface area contributed by atoms with E-state index in [0.717, 1.165) is 12.8 Å². The van der Waals surface area contributed by atoms with Crippen LogP contribution in [0.25, 0.3) is 0 Å². The van der Waals surface area contributed by atoms with Crippen molar-refractivity contribution in [2.24, 2.45) is 22.7 Å². The lowest BCUT2D eigenvalue weighted by Crippen LogP contribution is -2.65. The molecule has 0 aromatic rings. The normalized spacial score (nSPS) is 58.1. The molecular weight excluding hydrogens is 392 g/mol. The molecule has 0 amide bonds. The minimum absolute atomic E-state index is 0.108. The molecule has 0 radical (unpaired) electrons. The van der Waals surface area contributed by atoms with Gasteiger partial charge >= 0.3 is 0 Å². The minimum Gasteiger partial charge on any atom is -0.390 e. The molecule has 2 aliphatic heterocycles. The van der Waals surface area contributed by atoms with Gasteiger partial charge in [0.05, 0.1) is 12.7 Å². The second-order valence-electron chi connectivity index (χ2n) is 10.6. The number of epoxide rings is 1. The van der Waals surface area contributed by atoms with E-state index in [1.165, 1.54) is 14.2 Å². The first-order chi connectivity index (χ1) is 14.0. The third-order valence-corrected chi connectivity index (χ3v) is 9.48. The molecule has 0 bridgehead atoms. The van der Waals surface area contributed by atoms with Crippen molar-refractivity contribution in [1.82, 2.24) is 0 Å². The van der Waals surface area contributed by atoms with Crippen LogP contribution < -0.4 is 0 Å². The summed E-state index contributed by atoms with van der Waals surface area (Å²) < 4.78 is 21.9. The van der Waals surface area contributed by atoms with E-state index in [1.807, 2.05) is 0 Å². The summed E-state index contributed by atoms with van der Waals surface area (Å²) in [5, 5.41) is 43.4. The molecule has 8 nitrogen and oxygen atoms in total. The average Bonchev–Trinajstić information content (AvgIpc) is 3.49. The second-order valence-corrected chi connectivity index (χ2v) is 10.6. The molecule has 2 saturated carbocycles. The average molecular weight is 431 g/mol. The highest BCUT2D eigenvalue weighted by Crippen LogP contribution is 2.68. The zero-order valence-corrected chi connectivity index (χ0v) is 18.7. The van der Waals surface area contributed by atoms with Crippen molar-refractivity contribution in [3.63, 3.8) is 0 Å². The first-order valence-corrected chi connectivity index (χ1v) is 11.1. The first kappa shape index (κ1) is 22.9.